The summed E-state index contributed by atoms with van der Waals surface area (Å²) in [4.78, 5) is 0. The first-order chi connectivity index (χ1) is 10.1. The zero-order valence-electron chi connectivity index (χ0n) is 12.6. The summed E-state index contributed by atoms with van der Waals surface area (Å²) in [6, 6.07) is 4.43. The van der Waals surface area contributed by atoms with Crippen molar-refractivity contribution in [3.8, 4) is 11.5 Å². The number of halogens is 1. The Kier molecular flexibility index (Phi) is 4.31. The van der Waals surface area contributed by atoms with Gasteiger partial charge in [0.15, 0.2) is 11.5 Å². The molecule has 2 heterocycles. The van der Waals surface area contributed by atoms with E-state index in [-0.39, 0.29) is 5.60 Å². The number of fused-ring (bicyclic) bond motifs is 1. The molecule has 21 heavy (non-hydrogen) atoms. The van der Waals surface area contributed by atoms with Gasteiger partial charge in [-0.05, 0) is 42.1 Å². The Morgan fingerprint density at radius 3 is 2.67 bits per heavy atom. The maximum Gasteiger partial charge on any atom is 0.163 e. The number of hydrogen-bond acceptors (Lipinski definition) is 4. The van der Waals surface area contributed by atoms with Crippen LogP contribution in [0, 0.1) is 0 Å². The predicted octanol–water partition coefficient (Wildman–Crippen LogP) is 3.98. The second-order valence-corrected chi connectivity index (χ2v) is 6.82. The van der Waals surface area contributed by atoms with E-state index in [1.807, 2.05) is 12.1 Å². The molecule has 1 aromatic rings. The third-order valence-electron chi connectivity index (χ3n) is 4.33. The van der Waals surface area contributed by atoms with Crippen LogP contribution in [-0.4, -0.2) is 31.5 Å². The molecule has 0 aliphatic carbocycles. The Morgan fingerprint density at radius 2 is 1.95 bits per heavy atom. The van der Waals surface area contributed by atoms with Crippen molar-refractivity contribution in [3.05, 3.63) is 16.6 Å². The van der Waals surface area contributed by atoms with Gasteiger partial charge in [-0.2, -0.15) is 0 Å². The normalized spacial score (nSPS) is 28.2. The average molecular weight is 356 g/mol. The molecule has 2 atom stereocenters. The van der Waals surface area contributed by atoms with E-state index in [1.165, 1.54) is 0 Å². The van der Waals surface area contributed by atoms with E-state index in [9.17, 15) is 0 Å². The molecule has 0 saturated carbocycles. The van der Waals surface area contributed by atoms with Gasteiger partial charge in [-0.3, -0.25) is 0 Å². The van der Waals surface area contributed by atoms with Crippen molar-refractivity contribution in [1.29, 1.82) is 0 Å². The van der Waals surface area contributed by atoms with Crippen LogP contribution in [0.1, 0.15) is 33.1 Å². The average Bonchev–Trinajstić information content (AvgIpc) is 2.48. The lowest BCUT2D eigenvalue weighted by Crippen LogP contribution is -2.41. The highest BCUT2D eigenvalue weighted by Gasteiger charge is 2.32. The van der Waals surface area contributed by atoms with Crippen molar-refractivity contribution in [3.63, 3.8) is 0 Å². The first-order valence-corrected chi connectivity index (χ1v) is 8.38. The number of hydrogen-bond donors (Lipinski definition) is 1. The second-order valence-electron chi connectivity index (χ2n) is 5.96. The van der Waals surface area contributed by atoms with Crippen molar-refractivity contribution in [2.45, 2.75) is 44.8 Å². The number of nitrogens with one attached hydrogen (secondary N) is 1. The molecule has 4 nitrogen and oxygen atoms in total. The zero-order chi connectivity index (χ0) is 14.9. The summed E-state index contributed by atoms with van der Waals surface area (Å²) >= 11 is 3.62. The van der Waals surface area contributed by atoms with Crippen molar-refractivity contribution < 1.29 is 14.2 Å². The Labute approximate surface area is 134 Å². The molecule has 1 N–H and O–H groups in total. The molecular formula is C16H22BrNO3. The standard InChI is InChI=1S/C16H22BrNO3/c1-3-16(2)10-11(4-5-21-16)18-13-9-15-14(8-12(13)17)19-6-7-20-15/h8-9,11,18H,3-7,10H2,1-2H3. The van der Waals surface area contributed by atoms with E-state index < -0.39 is 0 Å². The molecule has 116 valence electrons. The molecule has 2 aliphatic rings. The van der Waals surface area contributed by atoms with Gasteiger partial charge in [0.05, 0.1) is 11.3 Å². The summed E-state index contributed by atoms with van der Waals surface area (Å²) in [6.45, 7) is 6.41. The third-order valence-corrected chi connectivity index (χ3v) is 4.99. The number of benzene rings is 1. The van der Waals surface area contributed by atoms with Gasteiger partial charge in [0.2, 0.25) is 0 Å². The quantitative estimate of drug-likeness (QED) is 0.889. The highest BCUT2D eigenvalue weighted by molar-refractivity contribution is 9.10. The molecule has 0 aromatic heterocycles. The minimum Gasteiger partial charge on any atom is -0.486 e. The van der Waals surface area contributed by atoms with Crippen LogP contribution >= 0.6 is 15.9 Å². The maximum absolute atomic E-state index is 5.91. The smallest absolute Gasteiger partial charge is 0.163 e. The van der Waals surface area contributed by atoms with E-state index in [0.717, 1.165) is 47.5 Å². The Morgan fingerprint density at radius 1 is 1.24 bits per heavy atom. The van der Waals surface area contributed by atoms with Gasteiger partial charge in [0.1, 0.15) is 13.2 Å². The van der Waals surface area contributed by atoms with Gasteiger partial charge >= 0.3 is 0 Å². The lowest BCUT2D eigenvalue weighted by molar-refractivity contribution is -0.0708. The molecule has 3 rings (SSSR count). The van der Waals surface area contributed by atoms with E-state index in [4.69, 9.17) is 14.2 Å². The summed E-state index contributed by atoms with van der Waals surface area (Å²) < 4.78 is 18.2. The first kappa shape index (κ1) is 15.0. The van der Waals surface area contributed by atoms with Crippen molar-refractivity contribution in [2.75, 3.05) is 25.1 Å². The van der Waals surface area contributed by atoms with Crippen LogP contribution in [0.5, 0.6) is 11.5 Å². The SMILES string of the molecule is CCC1(C)CC(Nc2cc3c(cc2Br)OCCO3)CCO1. The highest BCUT2D eigenvalue weighted by Crippen LogP contribution is 2.39. The molecule has 1 saturated heterocycles. The molecule has 1 aromatic carbocycles. The fourth-order valence-corrected chi connectivity index (χ4v) is 3.33. The monoisotopic (exact) mass is 355 g/mol. The van der Waals surface area contributed by atoms with Gasteiger partial charge in [-0.15, -0.1) is 0 Å². The second kappa shape index (κ2) is 6.05. The van der Waals surface area contributed by atoms with Crippen LogP contribution in [0.4, 0.5) is 5.69 Å². The van der Waals surface area contributed by atoms with Crippen LogP contribution < -0.4 is 14.8 Å². The number of anilines is 1. The Balaban J connectivity index is 1.75. The number of ether oxygens (including phenoxy) is 3. The van der Waals surface area contributed by atoms with Crippen LogP contribution in [-0.2, 0) is 4.74 Å². The van der Waals surface area contributed by atoms with Gasteiger partial charge in [-0.25, -0.2) is 0 Å². The molecule has 0 radical (unpaired) electrons. The molecule has 1 fully saturated rings. The van der Waals surface area contributed by atoms with E-state index in [1.54, 1.807) is 0 Å². The lowest BCUT2D eigenvalue weighted by atomic mass is 9.90. The zero-order valence-corrected chi connectivity index (χ0v) is 14.2. The number of rotatable bonds is 3. The van der Waals surface area contributed by atoms with E-state index in [0.29, 0.717) is 19.3 Å². The van der Waals surface area contributed by atoms with Gasteiger partial charge in [0, 0.05) is 29.3 Å². The molecule has 2 unspecified atom stereocenters. The Bertz CT molecular complexity index is 522. The third kappa shape index (κ3) is 3.29. The van der Waals surface area contributed by atoms with Gasteiger partial charge in [-0.1, -0.05) is 6.92 Å². The summed E-state index contributed by atoms with van der Waals surface area (Å²) in [5.74, 6) is 1.63. The molecule has 0 amide bonds. The minimum atomic E-state index is -0.0176. The summed E-state index contributed by atoms with van der Waals surface area (Å²) in [6.07, 6.45) is 3.08. The predicted molar refractivity (Wildman–Crippen MR) is 86.4 cm³/mol. The molecule has 0 bridgehead atoms. The summed E-state index contributed by atoms with van der Waals surface area (Å²) in [5, 5.41) is 3.63. The van der Waals surface area contributed by atoms with Crippen LogP contribution in [0.25, 0.3) is 0 Å². The first-order valence-electron chi connectivity index (χ1n) is 7.59. The fourth-order valence-electron chi connectivity index (χ4n) is 2.89. The van der Waals surface area contributed by atoms with E-state index >= 15 is 0 Å². The summed E-state index contributed by atoms with van der Waals surface area (Å²) in [7, 11) is 0. The molecular weight excluding hydrogens is 334 g/mol. The highest BCUT2D eigenvalue weighted by atomic mass is 79.9. The minimum absolute atomic E-state index is 0.0176. The van der Waals surface area contributed by atoms with Crippen molar-refractivity contribution >= 4 is 21.6 Å². The lowest BCUT2D eigenvalue weighted by Gasteiger charge is -2.38. The molecule has 0 spiro atoms. The fraction of sp³-hybridized carbons (Fsp3) is 0.625. The summed E-state index contributed by atoms with van der Waals surface area (Å²) in [5.41, 5.74) is 1.04. The molecule has 2 aliphatic heterocycles. The maximum atomic E-state index is 5.91. The van der Waals surface area contributed by atoms with E-state index in [2.05, 4.69) is 35.1 Å². The van der Waals surface area contributed by atoms with Crippen LogP contribution in [0.3, 0.4) is 0 Å². The van der Waals surface area contributed by atoms with Gasteiger partial charge < -0.3 is 19.5 Å². The van der Waals surface area contributed by atoms with Crippen LogP contribution in [0.15, 0.2) is 16.6 Å². The van der Waals surface area contributed by atoms with Crippen molar-refractivity contribution in [2.24, 2.45) is 0 Å². The van der Waals surface area contributed by atoms with Crippen molar-refractivity contribution in [1.82, 2.24) is 0 Å². The Hall–Kier alpha value is -0.940. The molecule has 5 heteroatoms. The topological polar surface area (TPSA) is 39.7 Å². The largest absolute Gasteiger partial charge is 0.486 e. The van der Waals surface area contributed by atoms with Crippen LogP contribution in [0.2, 0.25) is 0 Å². The van der Waals surface area contributed by atoms with Gasteiger partial charge in [0.25, 0.3) is 0 Å².